The molecule has 3 aromatic rings. The van der Waals surface area contributed by atoms with Crippen molar-refractivity contribution >= 4 is 35.0 Å². The molecule has 7 heteroatoms. The molecule has 0 unspecified atom stereocenters. The van der Waals surface area contributed by atoms with Crippen LogP contribution in [0.1, 0.15) is 22.7 Å². The van der Waals surface area contributed by atoms with Gasteiger partial charge in [0.05, 0.1) is 11.6 Å². The maximum atomic E-state index is 12.9. The van der Waals surface area contributed by atoms with E-state index in [4.69, 9.17) is 11.6 Å². The van der Waals surface area contributed by atoms with Crippen molar-refractivity contribution in [1.29, 1.82) is 0 Å². The van der Waals surface area contributed by atoms with Crippen LogP contribution in [0.4, 0.5) is 5.95 Å². The average molecular weight is 406 g/mol. The van der Waals surface area contributed by atoms with Crippen LogP contribution in [0.3, 0.4) is 0 Å². The van der Waals surface area contributed by atoms with Gasteiger partial charge >= 0.3 is 5.91 Å². The summed E-state index contributed by atoms with van der Waals surface area (Å²) < 4.78 is 0. The molecule has 6 nitrogen and oxygen atoms in total. The quantitative estimate of drug-likeness (QED) is 0.403. The van der Waals surface area contributed by atoms with Gasteiger partial charge in [-0.3, -0.25) is 14.5 Å². The minimum Gasteiger partial charge on any atom is -0.507 e. The Bertz CT molecular complexity index is 1110. The highest BCUT2D eigenvalue weighted by Crippen LogP contribution is 2.41. The van der Waals surface area contributed by atoms with Gasteiger partial charge < -0.3 is 5.11 Å². The van der Waals surface area contributed by atoms with Crippen molar-refractivity contribution in [2.24, 2.45) is 0 Å². The minimum absolute atomic E-state index is 0.0198. The molecule has 1 fully saturated rings. The summed E-state index contributed by atoms with van der Waals surface area (Å²) in [5.41, 5.74) is 2.04. The van der Waals surface area contributed by atoms with Crippen LogP contribution >= 0.6 is 11.6 Å². The number of ketones is 1. The Balaban J connectivity index is 1.94. The molecule has 1 saturated heterocycles. The second kappa shape index (κ2) is 7.48. The lowest BCUT2D eigenvalue weighted by Gasteiger charge is -2.23. The Morgan fingerprint density at radius 2 is 1.62 bits per heavy atom. The average Bonchev–Trinajstić information content (AvgIpc) is 3.00. The Labute approximate surface area is 172 Å². The van der Waals surface area contributed by atoms with Gasteiger partial charge in [0.2, 0.25) is 5.95 Å². The van der Waals surface area contributed by atoms with Crippen molar-refractivity contribution in [2.75, 3.05) is 4.90 Å². The fraction of sp³-hybridized carbons (Fsp3) is 0.0909. The summed E-state index contributed by atoms with van der Waals surface area (Å²) in [7, 11) is 0. The largest absolute Gasteiger partial charge is 0.507 e. The molecule has 0 bridgehead atoms. The maximum absolute atomic E-state index is 12.9. The number of nitrogens with zero attached hydrogens (tertiary/aromatic N) is 3. The number of halogens is 1. The standard InChI is InChI=1S/C22H16ClN3O3/c1-13-3-5-15(6-4-13)19(27)17-18(14-7-9-16(23)10-8-14)26(21(29)20(17)28)22-24-11-2-12-25-22/h2-12,18,27H,1H3/t18-/m0/s1. The summed E-state index contributed by atoms with van der Waals surface area (Å²) in [4.78, 5) is 35.3. The molecule has 0 radical (unpaired) electrons. The van der Waals surface area contributed by atoms with Crippen LogP contribution in [-0.2, 0) is 9.59 Å². The summed E-state index contributed by atoms with van der Waals surface area (Å²) in [5.74, 6) is -1.76. The first-order valence-corrected chi connectivity index (χ1v) is 9.25. The fourth-order valence-electron chi connectivity index (χ4n) is 3.28. The first-order valence-electron chi connectivity index (χ1n) is 8.88. The fourth-order valence-corrected chi connectivity index (χ4v) is 3.41. The highest BCUT2D eigenvalue weighted by Gasteiger charge is 2.48. The molecule has 144 valence electrons. The van der Waals surface area contributed by atoms with Crippen molar-refractivity contribution in [1.82, 2.24) is 9.97 Å². The zero-order chi connectivity index (χ0) is 20.5. The molecular formula is C22H16ClN3O3. The van der Waals surface area contributed by atoms with Gasteiger partial charge in [-0.2, -0.15) is 0 Å². The smallest absolute Gasteiger partial charge is 0.302 e. The molecule has 0 spiro atoms. The Hall–Kier alpha value is -3.51. The summed E-state index contributed by atoms with van der Waals surface area (Å²) in [6, 6.07) is 14.5. The van der Waals surface area contributed by atoms with E-state index < -0.39 is 17.7 Å². The zero-order valence-electron chi connectivity index (χ0n) is 15.4. The van der Waals surface area contributed by atoms with Crippen LogP contribution in [0.15, 0.2) is 72.6 Å². The molecule has 1 atom stereocenters. The number of hydrogen-bond acceptors (Lipinski definition) is 5. The highest BCUT2D eigenvalue weighted by molar-refractivity contribution is 6.51. The molecule has 1 N–H and O–H groups in total. The third-order valence-corrected chi connectivity index (χ3v) is 4.97. The second-order valence-electron chi connectivity index (χ2n) is 6.64. The summed E-state index contributed by atoms with van der Waals surface area (Å²) in [6.45, 7) is 1.92. The number of amides is 1. The number of Topliss-reactive ketones (excluding diaryl/α,β-unsaturated/α-hetero) is 1. The van der Waals surface area contributed by atoms with E-state index in [0.29, 0.717) is 16.1 Å². The number of anilines is 1. The van der Waals surface area contributed by atoms with Crippen LogP contribution in [0, 0.1) is 6.92 Å². The predicted molar refractivity (Wildman–Crippen MR) is 109 cm³/mol. The number of hydrogen-bond donors (Lipinski definition) is 1. The monoisotopic (exact) mass is 405 g/mol. The summed E-state index contributed by atoms with van der Waals surface area (Å²) in [6.07, 6.45) is 2.97. The van der Waals surface area contributed by atoms with Gasteiger partial charge in [-0.05, 0) is 30.7 Å². The molecule has 29 heavy (non-hydrogen) atoms. The molecule has 0 aliphatic carbocycles. The van der Waals surface area contributed by atoms with Gasteiger partial charge in [0, 0.05) is 23.0 Å². The van der Waals surface area contributed by atoms with Gasteiger partial charge in [0.15, 0.2) is 0 Å². The van der Waals surface area contributed by atoms with Crippen LogP contribution in [0.5, 0.6) is 0 Å². The summed E-state index contributed by atoms with van der Waals surface area (Å²) in [5, 5.41) is 11.5. The molecule has 1 aromatic heterocycles. The number of carbonyl (C=O) groups is 2. The van der Waals surface area contributed by atoms with E-state index in [9.17, 15) is 14.7 Å². The van der Waals surface area contributed by atoms with E-state index in [2.05, 4.69) is 9.97 Å². The lowest BCUT2D eigenvalue weighted by atomic mass is 9.95. The number of aryl methyl sites for hydroxylation is 1. The predicted octanol–water partition coefficient (Wildman–Crippen LogP) is 4.06. The van der Waals surface area contributed by atoms with Gasteiger partial charge in [-0.1, -0.05) is 53.6 Å². The lowest BCUT2D eigenvalue weighted by Crippen LogP contribution is -2.31. The third kappa shape index (κ3) is 3.39. The van der Waals surface area contributed by atoms with E-state index in [1.54, 1.807) is 42.5 Å². The van der Waals surface area contributed by atoms with Gasteiger partial charge in [-0.25, -0.2) is 9.97 Å². The zero-order valence-corrected chi connectivity index (χ0v) is 16.2. The Morgan fingerprint density at radius 3 is 2.24 bits per heavy atom. The maximum Gasteiger partial charge on any atom is 0.302 e. The first-order chi connectivity index (χ1) is 14.0. The number of aliphatic hydroxyl groups is 1. The number of aromatic nitrogens is 2. The van der Waals surface area contributed by atoms with Gasteiger partial charge in [0.1, 0.15) is 5.76 Å². The molecule has 1 aliphatic rings. The second-order valence-corrected chi connectivity index (χ2v) is 7.07. The molecule has 2 aromatic carbocycles. The van der Waals surface area contributed by atoms with E-state index in [0.717, 1.165) is 5.56 Å². The molecule has 2 heterocycles. The molecule has 1 aliphatic heterocycles. The number of aliphatic hydroxyl groups excluding tert-OH is 1. The van der Waals surface area contributed by atoms with Crippen molar-refractivity contribution < 1.29 is 14.7 Å². The normalized spacial score (nSPS) is 18.3. The Morgan fingerprint density at radius 1 is 1.00 bits per heavy atom. The molecule has 1 amide bonds. The van der Waals surface area contributed by atoms with Gasteiger partial charge in [0.25, 0.3) is 5.78 Å². The number of benzene rings is 2. The van der Waals surface area contributed by atoms with Crippen LogP contribution in [0.2, 0.25) is 5.02 Å². The van der Waals surface area contributed by atoms with Crippen molar-refractivity contribution in [3.05, 3.63) is 94.3 Å². The van der Waals surface area contributed by atoms with Gasteiger partial charge in [-0.15, -0.1) is 0 Å². The van der Waals surface area contributed by atoms with E-state index in [1.165, 1.54) is 17.3 Å². The molecular weight excluding hydrogens is 390 g/mol. The number of carbonyl (C=O) groups excluding carboxylic acids is 2. The molecule has 0 saturated carbocycles. The summed E-state index contributed by atoms with van der Waals surface area (Å²) >= 11 is 6.01. The first kappa shape index (κ1) is 18.8. The van der Waals surface area contributed by atoms with Crippen molar-refractivity contribution in [3.63, 3.8) is 0 Å². The lowest BCUT2D eigenvalue weighted by molar-refractivity contribution is -0.132. The minimum atomic E-state index is -0.879. The SMILES string of the molecule is Cc1ccc(C(O)=C2C(=O)C(=O)N(c3ncccn3)[C@H]2c2ccc(Cl)cc2)cc1. The van der Waals surface area contributed by atoms with E-state index in [-0.39, 0.29) is 17.3 Å². The van der Waals surface area contributed by atoms with Crippen LogP contribution in [-0.4, -0.2) is 26.8 Å². The topological polar surface area (TPSA) is 83.4 Å². The van der Waals surface area contributed by atoms with Crippen LogP contribution < -0.4 is 4.90 Å². The number of rotatable bonds is 3. The molecule has 4 rings (SSSR count). The van der Waals surface area contributed by atoms with Crippen molar-refractivity contribution in [2.45, 2.75) is 13.0 Å². The Kier molecular flexibility index (Phi) is 4.86. The highest BCUT2D eigenvalue weighted by atomic mass is 35.5. The van der Waals surface area contributed by atoms with E-state index >= 15 is 0 Å². The van der Waals surface area contributed by atoms with E-state index in [1.807, 2.05) is 19.1 Å². The third-order valence-electron chi connectivity index (χ3n) is 4.72. The van der Waals surface area contributed by atoms with Crippen molar-refractivity contribution in [3.8, 4) is 0 Å². The van der Waals surface area contributed by atoms with Crippen LogP contribution in [0.25, 0.3) is 5.76 Å².